The molecular weight excluding hydrogens is 404 g/mol. The first kappa shape index (κ1) is 21.0. The summed E-state index contributed by atoms with van der Waals surface area (Å²) >= 11 is 1.59. The van der Waals surface area contributed by atoms with E-state index in [9.17, 15) is 4.79 Å². The van der Waals surface area contributed by atoms with Gasteiger partial charge in [0.1, 0.15) is 5.69 Å². The number of nitrogens with one attached hydrogen (secondary N) is 1. The van der Waals surface area contributed by atoms with Gasteiger partial charge in [0.2, 0.25) is 0 Å². The molecule has 4 aromatic rings. The second kappa shape index (κ2) is 9.73. The summed E-state index contributed by atoms with van der Waals surface area (Å²) in [4.78, 5) is 16.2. The molecule has 0 atom stereocenters. The van der Waals surface area contributed by atoms with E-state index >= 15 is 0 Å². The zero-order valence-electron chi connectivity index (χ0n) is 17.8. The van der Waals surface area contributed by atoms with Crippen molar-refractivity contribution in [3.05, 3.63) is 101 Å². The maximum atomic E-state index is 13.0. The lowest BCUT2D eigenvalue weighted by Gasteiger charge is -2.10. The van der Waals surface area contributed by atoms with Crippen LogP contribution in [0.25, 0.3) is 10.6 Å². The van der Waals surface area contributed by atoms with Crippen molar-refractivity contribution in [1.29, 1.82) is 0 Å². The lowest BCUT2D eigenvalue weighted by molar-refractivity contribution is 0.0951. The molecule has 2 aromatic carbocycles. The fourth-order valence-electron chi connectivity index (χ4n) is 3.44. The van der Waals surface area contributed by atoms with Crippen LogP contribution >= 0.6 is 11.3 Å². The smallest absolute Gasteiger partial charge is 0.255 e. The molecule has 0 bridgehead atoms. The third-order valence-corrected chi connectivity index (χ3v) is 5.80. The van der Waals surface area contributed by atoms with Gasteiger partial charge < -0.3 is 10.2 Å². The van der Waals surface area contributed by atoms with Gasteiger partial charge in [-0.25, -0.2) is 0 Å². The second-order valence-corrected chi connectivity index (χ2v) is 8.74. The van der Waals surface area contributed by atoms with Crippen molar-refractivity contribution in [1.82, 2.24) is 20.0 Å². The van der Waals surface area contributed by atoms with Crippen molar-refractivity contribution in [2.45, 2.75) is 19.6 Å². The van der Waals surface area contributed by atoms with Gasteiger partial charge in [0.05, 0.1) is 17.0 Å². The highest BCUT2D eigenvalue weighted by Gasteiger charge is 2.18. The second-order valence-electron chi connectivity index (χ2n) is 7.79. The lowest BCUT2D eigenvalue weighted by Crippen LogP contribution is -2.23. The first-order valence-electron chi connectivity index (χ1n) is 10.2. The van der Waals surface area contributed by atoms with Crippen LogP contribution in [0.3, 0.4) is 0 Å². The molecule has 1 amide bonds. The van der Waals surface area contributed by atoms with Gasteiger partial charge in [0.25, 0.3) is 5.91 Å². The van der Waals surface area contributed by atoms with Gasteiger partial charge in [-0.15, -0.1) is 11.3 Å². The Morgan fingerprint density at radius 3 is 2.39 bits per heavy atom. The number of carbonyl (C=O) groups excluding carboxylic acids is 1. The van der Waals surface area contributed by atoms with E-state index in [1.54, 1.807) is 11.3 Å². The molecule has 2 aromatic heterocycles. The summed E-state index contributed by atoms with van der Waals surface area (Å²) < 4.78 is 1.84. The number of carbonyl (C=O) groups is 1. The van der Waals surface area contributed by atoms with E-state index in [0.717, 1.165) is 28.2 Å². The normalized spacial score (nSPS) is 11.1. The highest BCUT2D eigenvalue weighted by atomic mass is 32.1. The summed E-state index contributed by atoms with van der Waals surface area (Å²) in [5, 5.41) is 9.78. The predicted octanol–water partition coefficient (Wildman–Crippen LogP) is 4.65. The zero-order chi connectivity index (χ0) is 21.6. The largest absolute Gasteiger partial charge is 0.348 e. The fourth-order valence-corrected chi connectivity index (χ4v) is 4.16. The van der Waals surface area contributed by atoms with Crippen LogP contribution in [0.15, 0.2) is 78.3 Å². The Morgan fingerprint density at radius 2 is 1.71 bits per heavy atom. The predicted molar refractivity (Wildman–Crippen MR) is 126 cm³/mol. The molecule has 0 aliphatic rings. The molecule has 4 rings (SSSR count). The fraction of sp³-hybridized carbons (Fsp3) is 0.200. The van der Waals surface area contributed by atoms with Gasteiger partial charge in [-0.1, -0.05) is 60.7 Å². The van der Waals surface area contributed by atoms with E-state index < -0.39 is 0 Å². The first-order valence-corrected chi connectivity index (χ1v) is 11.1. The van der Waals surface area contributed by atoms with Gasteiger partial charge >= 0.3 is 0 Å². The van der Waals surface area contributed by atoms with Crippen molar-refractivity contribution >= 4 is 17.2 Å². The number of aromatic nitrogens is 2. The summed E-state index contributed by atoms with van der Waals surface area (Å²) in [6, 6.07) is 22.5. The maximum absolute atomic E-state index is 13.0. The first-order chi connectivity index (χ1) is 15.1. The van der Waals surface area contributed by atoms with E-state index in [1.807, 2.05) is 46.6 Å². The Kier molecular flexibility index (Phi) is 6.60. The minimum atomic E-state index is -0.111. The number of thiophene rings is 1. The molecule has 0 saturated carbocycles. The zero-order valence-corrected chi connectivity index (χ0v) is 18.6. The Bertz CT molecular complexity index is 1120. The minimum absolute atomic E-state index is 0.111. The Hall–Kier alpha value is -3.22. The average molecular weight is 431 g/mol. The van der Waals surface area contributed by atoms with Crippen LogP contribution < -0.4 is 5.32 Å². The molecule has 1 N–H and O–H groups in total. The quantitative estimate of drug-likeness (QED) is 0.443. The van der Waals surface area contributed by atoms with Crippen LogP contribution in [0.2, 0.25) is 0 Å². The van der Waals surface area contributed by atoms with Crippen molar-refractivity contribution in [3.63, 3.8) is 0 Å². The third-order valence-electron chi connectivity index (χ3n) is 4.92. The van der Waals surface area contributed by atoms with E-state index in [4.69, 9.17) is 5.10 Å². The van der Waals surface area contributed by atoms with Gasteiger partial charge in [-0.05, 0) is 42.2 Å². The van der Waals surface area contributed by atoms with Gasteiger partial charge in [-0.2, -0.15) is 5.10 Å². The van der Waals surface area contributed by atoms with Gasteiger partial charge in [-0.3, -0.25) is 9.48 Å². The summed E-state index contributed by atoms with van der Waals surface area (Å²) in [7, 11) is 4.11. The van der Waals surface area contributed by atoms with E-state index in [-0.39, 0.29) is 5.91 Å². The van der Waals surface area contributed by atoms with E-state index in [2.05, 4.69) is 60.7 Å². The van der Waals surface area contributed by atoms with Crippen LogP contribution in [-0.4, -0.2) is 34.7 Å². The standard InChI is InChI=1S/C25H26N4OS/c1-28(2)16-21-12-10-19(11-13-21)15-26-25(30)22-18-29(17-20-7-4-3-5-8-20)27-24(22)23-9-6-14-31-23/h3-14,18H,15-17H2,1-2H3,(H,26,30). The van der Waals surface area contributed by atoms with Gasteiger partial charge in [0.15, 0.2) is 0 Å². The average Bonchev–Trinajstić information content (AvgIpc) is 3.43. The molecule has 0 aliphatic heterocycles. The van der Waals surface area contributed by atoms with Crippen LogP contribution in [0, 0.1) is 0 Å². The van der Waals surface area contributed by atoms with Crippen LogP contribution in [0.5, 0.6) is 0 Å². The highest BCUT2D eigenvalue weighted by molar-refractivity contribution is 7.13. The number of hydrogen-bond acceptors (Lipinski definition) is 4. The summed E-state index contributed by atoms with van der Waals surface area (Å²) in [5.41, 5.74) is 4.80. The maximum Gasteiger partial charge on any atom is 0.255 e. The highest BCUT2D eigenvalue weighted by Crippen LogP contribution is 2.27. The molecular formula is C25H26N4OS. The monoisotopic (exact) mass is 430 g/mol. The Morgan fingerprint density at radius 1 is 0.968 bits per heavy atom. The number of benzene rings is 2. The van der Waals surface area contributed by atoms with Crippen LogP contribution in [-0.2, 0) is 19.6 Å². The molecule has 0 saturated heterocycles. The molecule has 158 valence electrons. The Labute approximate surface area is 187 Å². The molecule has 2 heterocycles. The van der Waals surface area contributed by atoms with E-state index in [1.165, 1.54) is 5.56 Å². The van der Waals surface area contributed by atoms with Crippen LogP contribution in [0.4, 0.5) is 0 Å². The van der Waals surface area contributed by atoms with Crippen molar-refractivity contribution < 1.29 is 4.79 Å². The molecule has 6 heteroatoms. The molecule has 0 aliphatic carbocycles. The molecule has 0 spiro atoms. The molecule has 0 radical (unpaired) electrons. The number of rotatable bonds is 8. The van der Waals surface area contributed by atoms with Crippen molar-refractivity contribution in [2.75, 3.05) is 14.1 Å². The lowest BCUT2D eigenvalue weighted by atomic mass is 10.1. The van der Waals surface area contributed by atoms with Crippen molar-refractivity contribution in [3.8, 4) is 10.6 Å². The summed E-state index contributed by atoms with van der Waals surface area (Å²) in [6.07, 6.45) is 1.84. The minimum Gasteiger partial charge on any atom is -0.348 e. The number of nitrogens with zero attached hydrogens (tertiary/aromatic N) is 3. The van der Waals surface area contributed by atoms with Crippen LogP contribution in [0.1, 0.15) is 27.0 Å². The molecule has 5 nitrogen and oxygen atoms in total. The SMILES string of the molecule is CN(C)Cc1ccc(CNC(=O)c2cn(Cc3ccccc3)nc2-c2cccs2)cc1. The van der Waals surface area contributed by atoms with E-state index in [0.29, 0.717) is 18.7 Å². The number of hydrogen-bond donors (Lipinski definition) is 1. The molecule has 31 heavy (non-hydrogen) atoms. The topological polar surface area (TPSA) is 50.2 Å². The molecule has 0 unspecified atom stereocenters. The summed E-state index contributed by atoms with van der Waals surface area (Å²) in [6.45, 7) is 2.01. The summed E-state index contributed by atoms with van der Waals surface area (Å²) in [5.74, 6) is -0.111. The van der Waals surface area contributed by atoms with Gasteiger partial charge in [0, 0.05) is 19.3 Å². The van der Waals surface area contributed by atoms with Crippen molar-refractivity contribution in [2.24, 2.45) is 0 Å². The Balaban J connectivity index is 1.50. The third kappa shape index (κ3) is 5.48. The molecule has 0 fully saturated rings. The number of amides is 1.